The molecule has 0 aliphatic carbocycles. The van der Waals surface area contributed by atoms with Crippen molar-refractivity contribution in [1.82, 2.24) is 4.98 Å². The average molecular weight is 284 g/mol. The maximum Gasteiger partial charge on any atom is 0.338 e. The summed E-state index contributed by atoms with van der Waals surface area (Å²) >= 11 is 0. The van der Waals surface area contributed by atoms with Crippen molar-refractivity contribution < 1.29 is 14.3 Å². The summed E-state index contributed by atoms with van der Waals surface area (Å²) in [7, 11) is 0. The molecule has 2 rings (SSSR count). The molecule has 1 heterocycles. The molecule has 1 aromatic carbocycles. The van der Waals surface area contributed by atoms with Crippen molar-refractivity contribution in [1.29, 1.82) is 0 Å². The number of amides is 1. The summed E-state index contributed by atoms with van der Waals surface area (Å²) in [5, 5.41) is 2.79. The summed E-state index contributed by atoms with van der Waals surface area (Å²) in [5.41, 5.74) is 2.38. The van der Waals surface area contributed by atoms with E-state index in [4.69, 9.17) is 4.74 Å². The zero-order chi connectivity index (χ0) is 15.2. The van der Waals surface area contributed by atoms with Crippen molar-refractivity contribution in [3.05, 3.63) is 59.4 Å². The van der Waals surface area contributed by atoms with E-state index in [0.29, 0.717) is 23.4 Å². The maximum atomic E-state index is 12.0. The van der Waals surface area contributed by atoms with Gasteiger partial charge in [0, 0.05) is 18.1 Å². The van der Waals surface area contributed by atoms with E-state index in [1.807, 2.05) is 6.92 Å². The van der Waals surface area contributed by atoms with Crippen LogP contribution in [0.25, 0.3) is 0 Å². The number of esters is 1. The Bertz CT molecular complexity index is 654. The average Bonchev–Trinajstić information content (AvgIpc) is 2.50. The molecule has 108 valence electrons. The highest BCUT2D eigenvalue weighted by molar-refractivity contribution is 6.04. The van der Waals surface area contributed by atoms with Crippen molar-refractivity contribution in [3.8, 4) is 0 Å². The Balaban J connectivity index is 2.15. The molecule has 0 atom stereocenters. The summed E-state index contributed by atoms with van der Waals surface area (Å²) in [4.78, 5) is 27.6. The number of nitrogens with one attached hydrogen (secondary N) is 1. The molecule has 0 unspecified atom stereocenters. The van der Waals surface area contributed by atoms with Crippen molar-refractivity contribution >= 4 is 17.6 Å². The second kappa shape index (κ2) is 6.65. The van der Waals surface area contributed by atoms with Crippen LogP contribution in [0.4, 0.5) is 5.69 Å². The number of hydrogen-bond acceptors (Lipinski definition) is 4. The topological polar surface area (TPSA) is 68.3 Å². The number of pyridine rings is 1. The largest absolute Gasteiger partial charge is 0.462 e. The molecule has 0 spiro atoms. The first-order chi connectivity index (χ1) is 10.1. The smallest absolute Gasteiger partial charge is 0.338 e. The van der Waals surface area contributed by atoms with Gasteiger partial charge in [0.2, 0.25) is 0 Å². The van der Waals surface area contributed by atoms with Crippen LogP contribution >= 0.6 is 0 Å². The molecule has 0 saturated heterocycles. The van der Waals surface area contributed by atoms with Gasteiger partial charge in [0.1, 0.15) is 0 Å². The molecule has 1 amide bonds. The molecule has 0 aliphatic heterocycles. The molecule has 0 fully saturated rings. The Labute approximate surface area is 123 Å². The van der Waals surface area contributed by atoms with E-state index in [-0.39, 0.29) is 11.9 Å². The van der Waals surface area contributed by atoms with Crippen LogP contribution < -0.4 is 5.32 Å². The highest BCUT2D eigenvalue weighted by atomic mass is 16.5. The van der Waals surface area contributed by atoms with E-state index in [1.165, 1.54) is 6.20 Å². The molecule has 0 aliphatic rings. The van der Waals surface area contributed by atoms with Crippen LogP contribution in [0.2, 0.25) is 0 Å². The van der Waals surface area contributed by atoms with Crippen molar-refractivity contribution in [2.75, 3.05) is 11.9 Å². The third-order valence-corrected chi connectivity index (χ3v) is 2.91. The van der Waals surface area contributed by atoms with Gasteiger partial charge in [-0.05, 0) is 49.7 Å². The number of ether oxygens (including phenoxy) is 1. The van der Waals surface area contributed by atoms with Crippen LogP contribution in [0.5, 0.6) is 0 Å². The number of carbonyl (C=O) groups is 2. The zero-order valence-electron chi connectivity index (χ0n) is 11.9. The van der Waals surface area contributed by atoms with Gasteiger partial charge < -0.3 is 10.1 Å². The number of rotatable bonds is 4. The number of benzene rings is 1. The first kappa shape index (κ1) is 14.7. The van der Waals surface area contributed by atoms with E-state index >= 15 is 0 Å². The fourth-order valence-corrected chi connectivity index (χ4v) is 1.84. The van der Waals surface area contributed by atoms with Gasteiger partial charge in [-0.3, -0.25) is 9.78 Å². The van der Waals surface area contributed by atoms with Crippen LogP contribution in [0, 0.1) is 6.92 Å². The molecule has 0 bridgehead atoms. The van der Waals surface area contributed by atoms with Crippen LogP contribution in [0.1, 0.15) is 33.2 Å². The van der Waals surface area contributed by atoms with Gasteiger partial charge >= 0.3 is 5.97 Å². The van der Waals surface area contributed by atoms with Crippen molar-refractivity contribution in [2.45, 2.75) is 13.8 Å². The second-order valence-electron chi connectivity index (χ2n) is 4.45. The zero-order valence-corrected chi connectivity index (χ0v) is 11.9. The first-order valence-electron chi connectivity index (χ1n) is 6.61. The molecule has 0 radical (unpaired) electrons. The lowest BCUT2D eigenvalue weighted by molar-refractivity contribution is 0.0526. The van der Waals surface area contributed by atoms with Crippen molar-refractivity contribution in [3.63, 3.8) is 0 Å². The summed E-state index contributed by atoms with van der Waals surface area (Å²) in [6.07, 6.45) is 3.10. The second-order valence-corrected chi connectivity index (χ2v) is 4.45. The Hall–Kier alpha value is -2.69. The van der Waals surface area contributed by atoms with Gasteiger partial charge in [0.15, 0.2) is 0 Å². The molecule has 5 heteroatoms. The number of aromatic nitrogens is 1. The monoisotopic (exact) mass is 284 g/mol. The predicted molar refractivity (Wildman–Crippen MR) is 79.3 cm³/mol. The van der Waals surface area contributed by atoms with Gasteiger partial charge in [0.05, 0.1) is 17.7 Å². The summed E-state index contributed by atoms with van der Waals surface area (Å²) in [6.45, 7) is 3.91. The van der Waals surface area contributed by atoms with Gasteiger partial charge in [0.25, 0.3) is 5.91 Å². The number of nitrogens with zero attached hydrogens (tertiary/aromatic N) is 1. The predicted octanol–water partition coefficient (Wildman–Crippen LogP) is 2.82. The lowest BCUT2D eigenvalue weighted by atomic mass is 10.1. The van der Waals surface area contributed by atoms with E-state index in [9.17, 15) is 9.59 Å². The number of carbonyl (C=O) groups excluding carboxylic acids is 2. The SMILES string of the molecule is CCOC(=O)c1ccc(NC(=O)c2cccnc2)c(C)c1. The van der Waals surface area contributed by atoms with E-state index in [0.717, 1.165) is 5.56 Å². The van der Waals surface area contributed by atoms with Gasteiger partial charge in [-0.1, -0.05) is 0 Å². The van der Waals surface area contributed by atoms with E-state index in [2.05, 4.69) is 10.3 Å². The molecular formula is C16H16N2O3. The lowest BCUT2D eigenvalue weighted by Crippen LogP contribution is -2.13. The first-order valence-corrected chi connectivity index (χ1v) is 6.61. The number of aryl methyl sites for hydroxylation is 1. The Morgan fingerprint density at radius 1 is 1.24 bits per heavy atom. The van der Waals surface area contributed by atoms with Crippen LogP contribution in [0.15, 0.2) is 42.7 Å². The normalized spacial score (nSPS) is 10.0. The molecule has 2 aromatic rings. The molecule has 1 aromatic heterocycles. The molecule has 1 N–H and O–H groups in total. The van der Waals surface area contributed by atoms with Gasteiger partial charge in [-0.25, -0.2) is 4.79 Å². The number of hydrogen-bond donors (Lipinski definition) is 1. The number of anilines is 1. The van der Waals surface area contributed by atoms with Crippen LogP contribution in [-0.4, -0.2) is 23.5 Å². The summed E-state index contributed by atoms with van der Waals surface area (Å²) in [6, 6.07) is 8.40. The summed E-state index contributed by atoms with van der Waals surface area (Å²) in [5.74, 6) is -0.610. The fourth-order valence-electron chi connectivity index (χ4n) is 1.84. The third-order valence-electron chi connectivity index (χ3n) is 2.91. The van der Waals surface area contributed by atoms with Gasteiger partial charge in [-0.15, -0.1) is 0 Å². The minimum Gasteiger partial charge on any atom is -0.462 e. The Morgan fingerprint density at radius 3 is 2.67 bits per heavy atom. The molecule has 0 saturated carbocycles. The minimum absolute atomic E-state index is 0.241. The van der Waals surface area contributed by atoms with E-state index in [1.54, 1.807) is 43.5 Å². The minimum atomic E-state index is -0.370. The quantitative estimate of drug-likeness (QED) is 0.877. The Kier molecular flexibility index (Phi) is 4.66. The molecular weight excluding hydrogens is 268 g/mol. The van der Waals surface area contributed by atoms with E-state index < -0.39 is 0 Å². The summed E-state index contributed by atoms with van der Waals surface area (Å²) < 4.78 is 4.94. The lowest BCUT2D eigenvalue weighted by Gasteiger charge is -2.10. The Morgan fingerprint density at radius 2 is 2.05 bits per heavy atom. The highest BCUT2D eigenvalue weighted by Crippen LogP contribution is 2.18. The van der Waals surface area contributed by atoms with Crippen LogP contribution in [0.3, 0.4) is 0 Å². The fraction of sp³-hybridized carbons (Fsp3) is 0.188. The van der Waals surface area contributed by atoms with Crippen molar-refractivity contribution in [2.24, 2.45) is 0 Å². The maximum absolute atomic E-state index is 12.0. The van der Waals surface area contributed by atoms with Gasteiger partial charge in [-0.2, -0.15) is 0 Å². The molecule has 21 heavy (non-hydrogen) atoms. The van der Waals surface area contributed by atoms with Crippen LogP contribution in [-0.2, 0) is 4.74 Å². The molecule has 5 nitrogen and oxygen atoms in total. The standard InChI is InChI=1S/C16H16N2O3/c1-3-21-16(20)12-6-7-14(11(2)9-12)18-15(19)13-5-4-8-17-10-13/h4-10H,3H2,1-2H3,(H,18,19). The third kappa shape index (κ3) is 3.66. The highest BCUT2D eigenvalue weighted by Gasteiger charge is 2.11.